The minimum Gasteiger partial charge on any atom is -0.494 e. The molecule has 2 aromatic carbocycles. The Labute approximate surface area is 191 Å². The summed E-state index contributed by atoms with van der Waals surface area (Å²) in [6.45, 7) is 2.75. The van der Waals surface area contributed by atoms with Gasteiger partial charge in [0.05, 0.1) is 28.6 Å². The van der Waals surface area contributed by atoms with Crippen molar-refractivity contribution in [2.24, 2.45) is 5.73 Å². The number of aromatic nitrogens is 1. The zero-order valence-corrected chi connectivity index (χ0v) is 18.7. The van der Waals surface area contributed by atoms with Crippen LogP contribution < -0.4 is 19.9 Å². The monoisotopic (exact) mass is 447 g/mol. The Bertz CT molecular complexity index is 1330. The van der Waals surface area contributed by atoms with Crippen LogP contribution >= 0.6 is 0 Å². The first-order chi connectivity index (χ1) is 15.9. The average molecular weight is 447 g/mol. The molecule has 33 heavy (non-hydrogen) atoms. The first kappa shape index (κ1) is 22.0. The molecule has 2 heterocycles. The molecule has 8 heteroatoms. The van der Waals surface area contributed by atoms with E-state index < -0.39 is 12.0 Å². The van der Waals surface area contributed by atoms with Crippen molar-refractivity contribution in [2.75, 3.05) is 20.7 Å². The minimum absolute atomic E-state index is 0.233. The van der Waals surface area contributed by atoms with Gasteiger partial charge >= 0.3 is 6.09 Å². The van der Waals surface area contributed by atoms with E-state index in [1.807, 2.05) is 60.0 Å². The Morgan fingerprint density at radius 2 is 1.73 bits per heavy atom. The Morgan fingerprint density at radius 3 is 2.39 bits per heavy atom. The molecular formula is C25H25N3O5. The predicted octanol–water partition coefficient (Wildman–Crippen LogP) is 4.23. The van der Waals surface area contributed by atoms with Crippen molar-refractivity contribution in [2.45, 2.75) is 13.5 Å². The summed E-state index contributed by atoms with van der Waals surface area (Å²) in [5.41, 5.74) is 8.29. The van der Waals surface area contributed by atoms with Crippen molar-refractivity contribution in [1.29, 1.82) is 0 Å². The van der Waals surface area contributed by atoms with E-state index in [1.165, 1.54) is 4.90 Å². The molecule has 170 valence electrons. The van der Waals surface area contributed by atoms with Gasteiger partial charge in [-0.25, -0.2) is 4.79 Å². The number of nitrogens with zero attached hydrogens (tertiary/aromatic N) is 2. The maximum atomic E-state index is 12.4. The maximum Gasteiger partial charge on any atom is 0.414 e. The van der Waals surface area contributed by atoms with Gasteiger partial charge in [-0.2, -0.15) is 0 Å². The smallest absolute Gasteiger partial charge is 0.414 e. The van der Waals surface area contributed by atoms with Gasteiger partial charge in [0.1, 0.15) is 23.9 Å². The molecule has 0 spiro atoms. The van der Waals surface area contributed by atoms with E-state index in [-0.39, 0.29) is 6.61 Å². The molecule has 0 saturated carbocycles. The first-order valence-corrected chi connectivity index (χ1v) is 10.5. The van der Waals surface area contributed by atoms with Crippen LogP contribution in [0.25, 0.3) is 16.4 Å². The lowest BCUT2D eigenvalue weighted by Gasteiger charge is -2.14. The number of primary amides is 1. The number of ether oxygens (including phenoxy) is 3. The molecular weight excluding hydrogens is 422 g/mol. The second-order valence-electron chi connectivity index (χ2n) is 7.64. The van der Waals surface area contributed by atoms with Gasteiger partial charge in [-0.1, -0.05) is 18.2 Å². The topological polar surface area (TPSA) is 95.5 Å². The summed E-state index contributed by atoms with van der Waals surface area (Å²) in [5, 5.41) is 0.560. The highest BCUT2D eigenvalue weighted by Crippen LogP contribution is 2.38. The van der Waals surface area contributed by atoms with E-state index in [0.717, 1.165) is 11.3 Å². The van der Waals surface area contributed by atoms with Crippen molar-refractivity contribution in [3.05, 3.63) is 71.9 Å². The Hall–Kier alpha value is -4.20. The third-order valence-electron chi connectivity index (χ3n) is 5.13. The van der Waals surface area contributed by atoms with Gasteiger partial charge in [-0.05, 0) is 36.8 Å². The van der Waals surface area contributed by atoms with E-state index in [2.05, 4.69) is 0 Å². The van der Waals surface area contributed by atoms with E-state index in [1.54, 1.807) is 26.2 Å². The van der Waals surface area contributed by atoms with Crippen LogP contribution in [0.15, 0.2) is 60.8 Å². The lowest BCUT2D eigenvalue weighted by atomic mass is 10.1. The Morgan fingerprint density at radius 1 is 0.970 bits per heavy atom. The van der Waals surface area contributed by atoms with Crippen molar-refractivity contribution in [3.8, 4) is 17.2 Å². The maximum absolute atomic E-state index is 12.4. The van der Waals surface area contributed by atoms with Crippen LogP contribution in [-0.2, 0) is 6.61 Å². The summed E-state index contributed by atoms with van der Waals surface area (Å²) < 4.78 is 18.9. The fraction of sp³-hybridized carbons (Fsp3) is 0.200. The third-order valence-corrected chi connectivity index (χ3v) is 5.13. The molecule has 4 aromatic rings. The first-order valence-electron chi connectivity index (χ1n) is 10.5. The normalized spacial score (nSPS) is 10.9. The molecule has 2 aromatic heterocycles. The molecule has 0 unspecified atom stereocenters. The van der Waals surface area contributed by atoms with Gasteiger partial charge in [0, 0.05) is 32.4 Å². The van der Waals surface area contributed by atoms with Gasteiger partial charge < -0.3 is 29.2 Å². The lowest BCUT2D eigenvalue weighted by Crippen LogP contribution is -2.25. The molecule has 0 saturated heterocycles. The number of carbonyl (C=O) groups is 2. The number of pyridine rings is 1. The number of carbonyl (C=O) groups excluding carboxylic acids is 2. The standard InChI is InChI=1S/C25H25N3O5/c1-4-31-17-10-8-16(9-11-17)15-32-21-14-18(33-25(30)27(2)3)13-20-22(21)23(24(26)29)19-7-5-6-12-28(19)20/h5-14H,4,15H2,1-3H3,(H2,26,29). The van der Waals surface area contributed by atoms with Gasteiger partial charge in [-0.15, -0.1) is 0 Å². The largest absolute Gasteiger partial charge is 0.494 e. The SMILES string of the molecule is CCOc1ccc(COc2cc(OC(=O)N(C)C)cc3c2c(C(N)=O)c2ccccn23)cc1. The van der Waals surface area contributed by atoms with Crippen LogP contribution in [-0.4, -0.2) is 42.0 Å². The molecule has 0 aliphatic carbocycles. The Balaban J connectivity index is 1.81. The van der Waals surface area contributed by atoms with Gasteiger partial charge in [-0.3, -0.25) is 4.79 Å². The molecule has 0 fully saturated rings. The van der Waals surface area contributed by atoms with Crippen LogP contribution in [0, 0.1) is 0 Å². The zero-order chi connectivity index (χ0) is 23.5. The summed E-state index contributed by atoms with van der Waals surface area (Å²) >= 11 is 0. The number of amides is 2. The second-order valence-corrected chi connectivity index (χ2v) is 7.64. The molecule has 0 aliphatic rings. The zero-order valence-electron chi connectivity index (χ0n) is 18.7. The molecule has 0 bridgehead atoms. The molecule has 8 nitrogen and oxygen atoms in total. The quantitative estimate of drug-likeness (QED) is 0.457. The number of benzene rings is 2. The molecule has 2 amide bonds. The number of hydrogen-bond acceptors (Lipinski definition) is 5. The minimum atomic E-state index is -0.572. The van der Waals surface area contributed by atoms with Crippen LogP contribution in [0.1, 0.15) is 22.8 Å². The number of nitrogens with two attached hydrogens (primary N) is 1. The molecule has 4 rings (SSSR count). The van der Waals surface area contributed by atoms with Gasteiger partial charge in [0.25, 0.3) is 5.91 Å². The fourth-order valence-electron chi connectivity index (χ4n) is 3.63. The van der Waals surface area contributed by atoms with Gasteiger partial charge in [0.2, 0.25) is 0 Å². The number of rotatable bonds is 7. The summed E-state index contributed by atoms with van der Waals surface area (Å²) in [4.78, 5) is 25.9. The number of fused-ring (bicyclic) bond motifs is 3. The average Bonchev–Trinajstić information content (AvgIpc) is 3.13. The second kappa shape index (κ2) is 9.12. The summed E-state index contributed by atoms with van der Waals surface area (Å²) in [6.07, 6.45) is 1.29. The van der Waals surface area contributed by atoms with E-state index in [4.69, 9.17) is 19.9 Å². The van der Waals surface area contributed by atoms with Crippen LogP contribution in [0.2, 0.25) is 0 Å². The lowest BCUT2D eigenvalue weighted by molar-refractivity contribution is 0.100. The molecule has 0 radical (unpaired) electrons. The van der Waals surface area contributed by atoms with Crippen molar-refractivity contribution in [1.82, 2.24) is 9.30 Å². The highest BCUT2D eigenvalue weighted by molar-refractivity contribution is 6.15. The molecule has 0 atom stereocenters. The predicted molar refractivity (Wildman–Crippen MR) is 125 cm³/mol. The third kappa shape index (κ3) is 4.41. The highest BCUT2D eigenvalue weighted by atomic mass is 16.6. The van der Waals surface area contributed by atoms with E-state index in [0.29, 0.717) is 40.1 Å². The van der Waals surface area contributed by atoms with Crippen molar-refractivity contribution < 1.29 is 23.8 Å². The fourth-order valence-corrected chi connectivity index (χ4v) is 3.63. The van der Waals surface area contributed by atoms with Crippen LogP contribution in [0.3, 0.4) is 0 Å². The van der Waals surface area contributed by atoms with Crippen LogP contribution in [0.5, 0.6) is 17.2 Å². The summed E-state index contributed by atoms with van der Waals surface area (Å²) in [5.74, 6) is 0.885. The summed E-state index contributed by atoms with van der Waals surface area (Å²) in [7, 11) is 3.20. The van der Waals surface area contributed by atoms with Gasteiger partial charge in [0.15, 0.2) is 0 Å². The number of hydrogen-bond donors (Lipinski definition) is 1. The molecule has 2 N–H and O–H groups in total. The van der Waals surface area contributed by atoms with Crippen molar-refractivity contribution >= 4 is 28.4 Å². The van der Waals surface area contributed by atoms with Crippen molar-refractivity contribution in [3.63, 3.8) is 0 Å². The van der Waals surface area contributed by atoms with Crippen LogP contribution in [0.4, 0.5) is 4.79 Å². The van der Waals surface area contributed by atoms with E-state index in [9.17, 15) is 9.59 Å². The van der Waals surface area contributed by atoms with E-state index >= 15 is 0 Å². The molecule has 0 aliphatic heterocycles. The highest BCUT2D eigenvalue weighted by Gasteiger charge is 2.22. The Kier molecular flexibility index (Phi) is 6.08. The summed E-state index contributed by atoms with van der Waals surface area (Å²) in [6, 6.07) is 16.3.